The first-order valence-corrected chi connectivity index (χ1v) is 8.11. The van der Waals surface area contributed by atoms with Gasteiger partial charge in [0.2, 0.25) is 0 Å². The molecule has 2 rings (SSSR count). The number of thioether (sulfide) groups is 2. The fourth-order valence-corrected chi connectivity index (χ4v) is 4.84. The minimum absolute atomic E-state index is 0.00764. The normalized spacial score (nSPS) is 24.9. The molecule has 3 nitrogen and oxygen atoms in total. The Hall–Kier alpha value is -0.130. The van der Waals surface area contributed by atoms with Gasteiger partial charge in [0, 0.05) is 23.3 Å². The third kappa shape index (κ3) is 2.66. The minimum atomic E-state index is 0.00764. The van der Waals surface area contributed by atoms with Gasteiger partial charge in [-0.2, -0.15) is 16.9 Å². The van der Waals surface area contributed by atoms with E-state index in [0.29, 0.717) is 22.5 Å². The zero-order chi connectivity index (χ0) is 12.4. The molecule has 2 heterocycles. The number of carbonyl (C=O) groups is 1. The lowest BCUT2D eigenvalue weighted by atomic mass is 10.1. The van der Waals surface area contributed by atoms with Gasteiger partial charge < -0.3 is 0 Å². The first kappa shape index (κ1) is 13.3. The molecule has 0 N–H and O–H groups in total. The predicted octanol–water partition coefficient (Wildman–Crippen LogP) is 2.98. The second-order valence-corrected chi connectivity index (χ2v) is 7.03. The highest BCUT2D eigenvalue weighted by Gasteiger charge is 2.32. The van der Waals surface area contributed by atoms with Gasteiger partial charge in [0.15, 0.2) is 5.78 Å². The molecule has 2 unspecified atom stereocenters. The molecule has 0 radical (unpaired) electrons. The number of hydrogen-bond donors (Lipinski definition) is 0. The van der Waals surface area contributed by atoms with E-state index in [-0.39, 0.29) is 11.0 Å². The van der Waals surface area contributed by atoms with Crippen molar-refractivity contribution in [1.82, 2.24) is 9.78 Å². The Labute approximate surface area is 115 Å². The molecule has 6 heteroatoms. The van der Waals surface area contributed by atoms with Crippen molar-refractivity contribution in [2.45, 2.75) is 30.9 Å². The second-order valence-electron chi connectivity index (χ2n) is 3.89. The fourth-order valence-electron chi connectivity index (χ4n) is 1.90. The average molecular weight is 291 g/mol. The zero-order valence-corrected chi connectivity index (χ0v) is 12.2. The standard InChI is InChI=1S/C11H15ClN2OS2/c1-3-14-9(8(12)6-13-14)10(15)11-7(2)16-4-5-17-11/h6-7,11H,3-5H2,1-2H3. The van der Waals surface area contributed by atoms with Crippen LogP contribution in [0.1, 0.15) is 24.3 Å². The van der Waals surface area contributed by atoms with Gasteiger partial charge in [-0.1, -0.05) is 18.5 Å². The predicted molar refractivity (Wildman–Crippen MR) is 75.4 cm³/mol. The Kier molecular flexibility index (Phi) is 4.44. The molecule has 1 aliphatic rings. The van der Waals surface area contributed by atoms with Crippen LogP contribution in [0.2, 0.25) is 5.02 Å². The minimum Gasteiger partial charge on any atom is -0.291 e. The summed E-state index contributed by atoms with van der Waals surface area (Å²) in [5.41, 5.74) is 0.570. The first-order valence-electron chi connectivity index (χ1n) is 5.64. The number of Topliss-reactive ketones (excluding diaryl/α,β-unsaturated/α-hetero) is 1. The fraction of sp³-hybridized carbons (Fsp3) is 0.636. The summed E-state index contributed by atoms with van der Waals surface area (Å²) in [6.07, 6.45) is 1.56. The first-order chi connectivity index (χ1) is 8.15. The highest BCUT2D eigenvalue weighted by Crippen LogP contribution is 2.34. The van der Waals surface area contributed by atoms with E-state index in [1.807, 2.05) is 18.7 Å². The van der Waals surface area contributed by atoms with Crippen LogP contribution in [0, 0.1) is 0 Å². The van der Waals surface area contributed by atoms with Gasteiger partial charge in [0.1, 0.15) is 5.69 Å². The molecule has 0 aliphatic carbocycles. The lowest BCUT2D eigenvalue weighted by Crippen LogP contribution is -2.32. The van der Waals surface area contributed by atoms with E-state index < -0.39 is 0 Å². The van der Waals surface area contributed by atoms with Crippen molar-refractivity contribution < 1.29 is 4.79 Å². The number of rotatable bonds is 3. The van der Waals surface area contributed by atoms with E-state index in [2.05, 4.69) is 12.0 Å². The van der Waals surface area contributed by atoms with Gasteiger partial charge in [0.05, 0.1) is 16.5 Å². The summed E-state index contributed by atoms with van der Waals surface area (Å²) in [7, 11) is 0. The van der Waals surface area contributed by atoms with Gasteiger partial charge in [-0.05, 0) is 6.92 Å². The summed E-state index contributed by atoms with van der Waals surface area (Å²) in [4.78, 5) is 12.5. The number of aromatic nitrogens is 2. The van der Waals surface area contributed by atoms with Gasteiger partial charge in [-0.25, -0.2) is 0 Å². The summed E-state index contributed by atoms with van der Waals surface area (Å²) >= 11 is 9.66. The van der Waals surface area contributed by atoms with E-state index in [9.17, 15) is 4.79 Å². The number of nitrogens with zero attached hydrogens (tertiary/aromatic N) is 2. The zero-order valence-electron chi connectivity index (χ0n) is 9.85. The lowest BCUT2D eigenvalue weighted by molar-refractivity contribution is 0.0979. The third-order valence-electron chi connectivity index (χ3n) is 2.77. The van der Waals surface area contributed by atoms with Crippen LogP contribution < -0.4 is 0 Å². The number of hydrogen-bond acceptors (Lipinski definition) is 4. The molecule has 0 aromatic carbocycles. The molecule has 17 heavy (non-hydrogen) atoms. The monoisotopic (exact) mass is 290 g/mol. The average Bonchev–Trinajstić information content (AvgIpc) is 2.70. The molecule has 0 bridgehead atoms. The molecule has 1 aromatic heterocycles. The Morgan fingerprint density at radius 2 is 2.29 bits per heavy atom. The van der Waals surface area contributed by atoms with Crippen LogP contribution in [0.25, 0.3) is 0 Å². The summed E-state index contributed by atoms with van der Waals surface area (Å²) in [5.74, 6) is 2.28. The number of halogens is 1. The summed E-state index contributed by atoms with van der Waals surface area (Å²) in [6.45, 7) is 4.75. The molecule has 1 fully saturated rings. The van der Waals surface area contributed by atoms with Crippen molar-refractivity contribution in [3.05, 3.63) is 16.9 Å². The molecule has 1 aromatic rings. The Balaban J connectivity index is 2.26. The second kappa shape index (κ2) is 5.67. The quantitative estimate of drug-likeness (QED) is 0.802. The summed E-state index contributed by atoms with van der Waals surface area (Å²) < 4.78 is 1.69. The van der Waals surface area contributed by atoms with Crippen molar-refractivity contribution in [1.29, 1.82) is 0 Å². The van der Waals surface area contributed by atoms with E-state index in [1.54, 1.807) is 22.6 Å². The van der Waals surface area contributed by atoms with Crippen molar-refractivity contribution in [3.8, 4) is 0 Å². The molecule has 94 valence electrons. The van der Waals surface area contributed by atoms with Crippen LogP contribution in [0.4, 0.5) is 0 Å². The number of ketones is 1. The van der Waals surface area contributed by atoms with E-state index >= 15 is 0 Å². The molecule has 1 saturated heterocycles. The van der Waals surface area contributed by atoms with Crippen molar-refractivity contribution >= 4 is 40.9 Å². The molecule has 1 aliphatic heterocycles. The summed E-state index contributed by atoms with van der Waals surface area (Å²) in [6, 6.07) is 0. The van der Waals surface area contributed by atoms with Crippen molar-refractivity contribution in [2.24, 2.45) is 0 Å². The lowest BCUT2D eigenvalue weighted by Gasteiger charge is -2.26. The third-order valence-corrected chi connectivity index (χ3v) is 6.14. The van der Waals surface area contributed by atoms with Crippen molar-refractivity contribution in [2.75, 3.05) is 11.5 Å². The van der Waals surface area contributed by atoms with Crippen LogP contribution in [-0.4, -0.2) is 37.6 Å². The summed E-state index contributed by atoms with van der Waals surface area (Å²) in [5, 5.41) is 4.95. The molecule has 0 spiro atoms. The number of carbonyl (C=O) groups excluding carboxylic acids is 1. The van der Waals surface area contributed by atoms with Gasteiger partial charge >= 0.3 is 0 Å². The molecule has 2 atom stereocenters. The van der Waals surface area contributed by atoms with Crippen LogP contribution in [-0.2, 0) is 6.54 Å². The maximum absolute atomic E-state index is 12.5. The largest absolute Gasteiger partial charge is 0.291 e. The van der Waals surface area contributed by atoms with Crippen LogP contribution in [0.5, 0.6) is 0 Å². The Bertz CT molecular complexity index is 422. The van der Waals surface area contributed by atoms with E-state index in [1.165, 1.54) is 0 Å². The molecular formula is C11H15ClN2OS2. The maximum atomic E-state index is 12.5. The van der Waals surface area contributed by atoms with Crippen LogP contribution in [0.3, 0.4) is 0 Å². The van der Waals surface area contributed by atoms with E-state index in [4.69, 9.17) is 11.6 Å². The van der Waals surface area contributed by atoms with Gasteiger partial charge in [-0.3, -0.25) is 9.48 Å². The van der Waals surface area contributed by atoms with Gasteiger partial charge in [0.25, 0.3) is 0 Å². The maximum Gasteiger partial charge on any atom is 0.196 e. The van der Waals surface area contributed by atoms with Crippen LogP contribution >= 0.6 is 35.1 Å². The van der Waals surface area contributed by atoms with Crippen molar-refractivity contribution in [3.63, 3.8) is 0 Å². The smallest absolute Gasteiger partial charge is 0.196 e. The molecular weight excluding hydrogens is 276 g/mol. The highest BCUT2D eigenvalue weighted by molar-refractivity contribution is 8.07. The Morgan fingerprint density at radius 1 is 1.59 bits per heavy atom. The SMILES string of the molecule is CCn1ncc(Cl)c1C(=O)C1SCCSC1C. The number of aryl methyl sites for hydroxylation is 1. The topological polar surface area (TPSA) is 34.9 Å². The van der Waals surface area contributed by atoms with Gasteiger partial charge in [-0.15, -0.1) is 11.8 Å². The molecule has 0 saturated carbocycles. The highest BCUT2D eigenvalue weighted by atomic mass is 35.5. The Morgan fingerprint density at radius 3 is 2.94 bits per heavy atom. The van der Waals surface area contributed by atoms with E-state index in [0.717, 1.165) is 11.5 Å². The molecule has 0 amide bonds. The van der Waals surface area contributed by atoms with Crippen LogP contribution in [0.15, 0.2) is 6.20 Å².